The number of anilines is 2. The van der Waals surface area contributed by atoms with Gasteiger partial charge in [0.25, 0.3) is 0 Å². The summed E-state index contributed by atoms with van der Waals surface area (Å²) in [5.74, 6) is -0.286. The van der Waals surface area contributed by atoms with Crippen molar-refractivity contribution in [3.63, 3.8) is 0 Å². The maximum absolute atomic E-state index is 12.9. The van der Waals surface area contributed by atoms with Crippen molar-refractivity contribution in [3.8, 4) is 5.88 Å². The zero-order valence-electron chi connectivity index (χ0n) is 30.8. The average molecular weight is 781 g/mol. The molecule has 1 aromatic carbocycles. The van der Waals surface area contributed by atoms with Crippen LogP contribution in [0.2, 0.25) is 5.15 Å². The molecular weight excluding hydrogens is 739 g/mol. The number of fused-ring (bicyclic) bond motifs is 2. The van der Waals surface area contributed by atoms with Gasteiger partial charge in [-0.05, 0) is 32.4 Å². The van der Waals surface area contributed by atoms with Gasteiger partial charge in [0.1, 0.15) is 23.3 Å². The van der Waals surface area contributed by atoms with E-state index in [9.17, 15) is 20.1 Å². The minimum Gasteiger partial charge on any atom is -0.857 e. The number of aliphatic hydroxyl groups excluding tert-OH is 2. The van der Waals surface area contributed by atoms with Crippen LogP contribution in [0.15, 0.2) is 43.0 Å². The van der Waals surface area contributed by atoms with Crippen LogP contribution in [0.25, 0.3) is 22.3 Å². The Balaban J connectivity index is 0.000000234. The number of carbonyl (C=O) groups is 1. The second kappa shape index (κ2) is 17.4. The van der Waals surface area contributed by atoms with Gasteiger partial charge in [-0.1, -0.05) is 43.6 Å². The quantitative estimate of drug-likeness (QED) is 0.0680. The molecule has 2 fully saturated rings. The molecule has 0 amide bonds. The zero-order valence-corrected chi connectivity index (χ0v) is 33.6. The fraction of sp³-hybridized carbons (Fsp3) is 0.485. The number of aromatic nitrogens is 8. The first-order valence-electron chi connectivity index (χ1n) is 16.5. The minimum absolute atomic E-state index is 0. The molecule has 8 atom stereocenters. The van der Waals surface area contributed by atoms with E-state index in [4.69, 9.17) is 47.1 Å². The second-order valence-corrected chi connectivity index (χ2v) is 13.0. The van der Waals surface area contributed by atoms with Crippen LogP contribution in [0, 0.1) is 5.92 Å². The number of ether oxygens (including phenoxy) is 4. The summed E-state index contributed by atoms with van der Waals surface area (Å²) in [6.45, 7) is 6.90. The van der Waals surface area contributed by atoms with Gasteiger partial charge in [0, 0.05) is 5.92 Å². The van der Waals surface area contributed by atoms with Crippen molar-refractivity contribution in [3.05, 3.63) is 53.7 Å². The third kappa shape index (κ3) is 7.83. The summed E-state index contributed by atoms with van der Waals surface area (Å²) in [6, 6.07) is 8.88. The number of methoxy groups -OCH3 is 1. The monoisotopic (exact) mass is 780 g/mol. The molecule has 2 aliphatic rings. The molecule has 8 unspecified atom stereocenters. The van der Waals surface area contributed by atoms with Crippen LogP contribution in [0.4, 0.5) is 11.9 Å². The van der Waals surface area contributed by atoms with Gasteiger partial charge in [0.15, 0.2) is 40.0 Å². The van der Waals surface area contributed by atoms with Crippen molar-refractivity contribution in [2.45, 2.75) is 76.1 Å². The van der Waals surface area contributed by atoms with Crippen LogP contribution in [-0.2, 0) is 14.2 Å². The number of aliphatic hydroxyl groups is 3. The first-order valence-corrected chi connectivity index (χ1v) is 16.8. The molecule has 5 aromatic rings. The van der Waals surface area contributed by atoms with Crippen molar-refractivity contribution in [1.29, 1.82) is 0 Å². The first-order chi connectivity index (χ1) is 25.2. The van der Waals surface area contributed by atoms with Crippen molar-refractivity contribution >= 4 is 51.8 Å². The Morgan fingerprint density at radius 1 is 0.963 bits per heavy atom. The second-order valence-electron chi connectivity index (χ2n) is 12.7. The molecule has 2 aliphatic heterocycles. The van der Waals surface area contributed by atoms with E-state index < -0.39 is 48.4 Å². The van der Waals surface area contributed by atoms with Gasteiger partial charge < -0.3 is 50.8 Å². The van der Waals surface area contributed by atoms with Crippen molar-refractivity contribution in [2.75, 3.05) is 32.3 Å². The fourth-order valence-corrected chi connectivity index (χ4v) is 6.68. The average Bonchev–Trinajstić information content (AvgIpc) is 3.88. The normalized spacial score (nSPS) is 27.4. The molecule has 0 spiro atoms. The Morgan fingerprint density at radius 3 is 2.09 bits per heavy atom. The molecule has 4 aromatic heterocycles. The molecule has 54 heavy (non-hydrogen) atoms. The van der Waals surface area contributed by atoms with Crippen LogP contribution in [-0.4, -0.2) is 111 Å². The summed E-state index contributed by atoms with van der Waals surface area (Å²) < 4.78 is 26.1. The summed E-state index contributed by atoms with van der Waals surface area (Å²) in [7, 11) is 2.17. The molecule has 19 nitrogen and oxygen atoms in total. The zero-order chi connectivity index (χ0) is 38.8. The Morgan fingerprint density at radius 2 is 1.52 bits per heavy atom. The standard InChI is InChI=1S/C20H22ClN5O3.C12H17N5O5.CH3O.Na/c1-4-13-11(2)20(3,29-17(27)12-8-6-5-7-9-12)18(28-13)26-10-23-14-15(21)24-19(22)25-16(14)26;1-12(20)7(19)5(3-18)22-10(12)17-4-14-6-8(17)15-11(13)16-9(6)21-2;1-2;/h5-11,13,18H,4H2,1-3H3,(H2,22,24,25);4-5,7,10,18-20H,3H2,1-2H3,(H2,13,15,16);1H3;/q;;-1;+1. The number of hydrogen-bond acceptors (Lipinski definition) is 17. The third-order valence-electron chi connectivity index (χ3n) is 9.42. The third-order valence-corrected chi connectivity index (χ3v) is 9.68. The SMILES string of the molecule is CCC1OC(n2cnc3c(Cl)nc(N)nc32)C(C)(OC(=O)c2ccccc2)C1C.COc1nc(N)nc2c1ncn2C1OC(CO)C(O)C1(C)O.C[O-].[Na+]. The molecule has 0 aliphatic carbocycles. The van der Waals surface area contributed by atoms with E-state index >= 15 is 0 Å². The molecule has 0 saturated carbocycles. The number of nitrogen functional groups attached to an aromatic ring is 2. The van der Waals surface area contributed by atoms with Crippen LogP contribution in [0.3, 0.4) is 0 Å². The summed E-state index contributed by atoms with van der Waals surface area (Å²) in [5, 5.41) is 38.2. The predicted octanol–water partition coefficient (Wildman–Crippen LogP) is -1.98. The molecule has 2 saturated heterocycles. The number of carbonyl (C=O) groups excluding carboxylic acids is 1. The molecule has 0 radical (unpaired) electrons. The number of halogens is 1. The number of nitrogens with two attached hydrogens (primary N) is 2. The van der Waals surface area contributed by atoms with Gasteiger partial charge in [-0.25, -0.2) is 14.8 Å². The largest absolute Gasteiger partial charge is 1.00 e. The first kappa shape index (κ1) is 43.0. The maximum Gasteiger partial charge on any atom is 1.00 e. The van der Waals surface area contributed by atoms with Gasteiger partial charge in [0.2, 0.25) is 17.8 Å². The number of hydrogen-bond donors (Lipinski definition) is 5. The fourth-order valence-electron chi connectivity index (χ4n) is 6.46. The number of nitrogens with zero attached hydrogens (tertiary/aromatic N) is 8. The van der Waals surface area contributed by atoms with Crippen LogP contribution >= 0.6 is 11.6 Å². The van der Waals surface area contributed by atoms with E-state index in [1.54, 1.807) is 35.2 Å². The van der Waals surface area contributed by atoms with E-state index in [0.717, 1.165) is 13.5 Å². The van der Waals surface area contributed by atoms with Gasteiger partial charge in [-0.15, -0.1) is 0 Å². The van der Waals surface area contributed by atoms with E-state index in [1.165, 1.54) is 24.9 Å². The Labute approximate surface area is 336 Å². The number of esters is 1. The number of rotatable bonds is 7. The molecule has 0 bridgehead atoms. The molecule has 6 heterocycles. The van der Waals surface area contributed by atoms with Crippen molar-refractivity contribution in [1.82, 2.24) is 39.0 Å². The topological polar surface area (TPSA) is 277 Å². The van der Waals surface area contributed by atoms with Gasteiger partial charge in [-0.3, -0.25) is 9.13 Å². The molecule has 21 heteroatoms. The predicted molar refractivity (Wildman–Crippen MR) is 188 cm³/mol. The van der Waals surface area contributed by atoms with Crippen LogP contribution in [0.1, 0.15) is 56.9 Å². The molecule has 7 N–H and O–H groups in total. The Kier molecular flexibility index (Phi) is 13.8. The number of benzene rings is 1. The Bertz CT molecular complexity index is 2060. The van der Waals surface area contributed by atoms with Gasteiger partial charge in [0.05, 0.1) is 38.0 Å². The van der Waals surface area contributed by atoms with E-state index in [2.05, 4.69) is 29.9 Å². The van der Waals surface area contributed by atoms with Crippen LogP contribution < -0.4 is 50.9 Å². The molecule has 286 valence electrons. The van der Waals surface area contributed by atoms with E-state index in [1.807, 2.05) is 26.8 Å². The number of imidazole rings is 2. The van der Waals surface area contributed by atoms with Crippen LogP contribution in [0.5, 0.6) is 5.88 Å². The van der Waals surface area contributed by atoms with Crippen molar-refractivity contribution in [2.24, 2.45) is 5.92 Å². The summed E-state index contributed by atoms with van der Waals surface area (Å²) >= 11 is 6.17. The maximum atomic E-state index is 12.9. The van der Waals surface area contributed by atoms with E-state index in [-0.39, 0.29) is 64.5 Å². The van der Waals surface area contributed by atoms with Gasteiger partial charge in [-0.2, -0.15) is 27.0 Å². The smallest absolute Gasteiger partial charge is 0.857 e. The van der Waals surface area contributed by atoms with Gasteiger partial charge >= 0.3 is 35.5 Å². The summed E-state index contributed by atoms with van der Waals surface area (Å²) in [4.78, 5) is 37.5. The summed E-state index contributed by atoms with van der Waals surface area (Å²) in [6.07, 6.45) is -0.225. The van der Waals surface area contributed by atoms with E-state index in [0.29, 0.717) is 27.9 Å². The molecular formula is C33H42ClN10NaO9. The minimum atomic E-state index is -1.64. The van der Waals surface area contributed by atoms with Crippen molar-refractivity contribution < 1.29 is 73.7 Å². The summed E-state index contributed by atoms with van der Waals surface area (Å²) in [5.41, 5.74) is 10.8. The molecule has 7 rings (SSSR count). The Hall–Kier alpha value is -3.76.